The molecule has 0 aliphatic heterocycles. The minimum atomic E-state index is 0.668. The molecule has 15 heavy (non-hydrogen) atoms. The van der Waals surface area contributed by atoms with Gasteiger partial charge in [0.15, 0.2) is 0 Å². The molecule has 0 aliphatic rings. The van der Waals surface area contributed by atoms with Crippen LogP contribution in [0.15, 0.2) is 0 Å². The Kier molecular flexibility index (Phi) is 11.0. The van der Waals surface area contributed by atoms with Crippen LogP contribution in [-0.4, -0.2) is 51.8 Å². The summed E-state index contributed by atoms with van der Waals surface area (Å²) in [4.78, 5) is 2.11. The van der Waals surface area contributed by atoms with E-state index in [9.17, 15) is 0 Å². The fourth-order valence-electron chi connectivity index (χ4n) is 1.07. The Balaban J connectivity index is 2.90. The van der Waals surface area contributed by atoms with Gasteiger partial charge in [-0.2, -0.15) is 5.26 Å². The molecule has 0 saturated carbocycles. The molecule has 88 valence electrons. The largest absolute Gasteiger partial charge is 0.379 e. The zero-order valence-corrected chi connectivity index (χ0v) is 9.96. The number of ether oxygens (including phenoxy) is 1. The Morgan fingerprint density at radius 2 is 2.00 bits per heavy atom. The van der Waals surface area contributed by atoms with Crippen LogP contribution in [0.4, 0.5) is 0 Å². The zero-order valence-electron chi connectivity index (χ0n) is 9.96. The van der Waals surface area contributed by atoms with E-state index < -0.39 is 0 Å². The molecule has 0 aromatic rings. The molecule has 0 atom stereocenters. The summed E-state index contributed by atoms with van der Waals surface area (Å²) in [7, 11) is 4.08. The fourth-order valence-corrected chi connectivity index (χ4v) is 1.07. The summed E-state index contributed by atoms with van der Waals surface area (Å²) < 4.78 is 5.42. The average Bonchev–Trinajstić information content (AvgIpc) is 2.20. The molecule has 0 amide bonds. The lowest BCUT2D eigenvalue weighted by Crippen LogP contribution is -2.23. The third-order valence-electron chi connectivity index (χ3n) is 2.00. The molecule has 0 aromatic heterocycles. The number of nitrogens with one attached hydrogen (secondary N) is 1. The van der Waals surface area contributed by atoms with Gasteiger partial charge >= 0.3 is 0 Å². The van der Waals surface area contributed by atoms with Gasteiger partial charge in [-0.3, -0.25) is 0 Å². The lowest BCUT2D eigenvalue weighted by atomic mass is 10.2. The molecule has 0 aromatic carbocycles. The molecule has 0 rings (SSSR count). The van der Waals surface area contributed by atoms with Crippen LogP contribution >= 0.6 is 0 Å². The molecule has 0 unspecified atom stereocenters. The summed E-state index contributed by atoms with van der Waals surface area (Å²) in [6.45, 7) is 4.43. The van der Waals surface area contributed by atoms with Crippen LogP contribution in [-0.2, 0) is 4.74 Å². The van der Waals surface area contributed by atoms with Gasteiger partial charge in [-0.05, 0) is 33.5 Å². The van der Waals surface area contributed by atoms with Crippen LogP contribution in [0.1, 0.15) is 19.3 Å². The number of nitriles is 1. The second kappa shape index (κ2) is 11.4. The summed E-state index contributed by atoms with van der Waals surface area (Å²) in [5.74, 6) is 0. The average molecular weight is 213 g/mol. The van der Waals surface area contributed by atoms with Gasteiger partial charge in [-0.25, -0.2) is 0 Å². The molecule has 4 heteroatoms. The maximum absolute atomic E-state index is 8.32. The van der Waals surface area contributed by atoms with E-state index in [1.54, 1.807) is 0 Å². The summed E-state index contributed by atoms with van der Waals surface area (Å²) in [5.41, 5.74) is 0. The number of hydrogen-bond acceptors (Lipinski definition) is 4. The number of rotatable bonds is 10. The first-order chi connectivity index (χ1) is 7.27. The molecular formula is C11H23N3O. The van der Waals surface area contributed by atoms with Crippen molar-refractivity contribution in [3.63, 3.8) is 0 Å². The second-order valence-electron chi connectivity index (χ2n) is 3.78. The van der Waals surface area contributed by atoms with Crippen LogP contribution < -0.4 is 5.32 Å². The number of unbranched alkanes of at least 4 members (excludes halogenated alkanes) is 2. The van der Waals surface area contributed by atoms with Crippen LogP contribution in [0, 0.1) is 11.3 Å². The monoisotopic (exact) mass is 213 g/mol. The Hall–Kier alpha value is -0.630. The maximum Gasteiger partial charge on any atom is 0.0621 e. The summed E-state index contributed by atoms with van der Waals surface area (Å²) in [6, 6.07) is 2.14. The molecule has 0 spiro atoms. The summed E-state index contributed by atoms with van der Waals surface area (Å²) >= 11 is 0. The molecule has 0 bridgehead atoms. The Morgan fingerprint density at radius 1 is 1.20 bits per heavy atom. The highest BCUT2D eigenvalue weighted by Crippen LogP contribution is 1.90. The molecule has 0 aliphatic carbocycles. The minimum Gasteiger partial charge on any atom is -0.379 e. The zero-order chi connectivity index (χ0) is 11.4. The van der Waals surface area contributed by atoms with Crippen LogP contribution in [0.5, 0.6) is 0 Å². The van der Waals surface area contributed by atoms with E-state index in [-0.39, 0.29) is 0 Å². The quantitative estimate of drug-likeness (QED) is 0.547. The SMILES string of the molecule is CN(C)CCOCCNCCCCC#N. The van der Waals surface area contributed by atoms with Crippen LogP contribution in [0.2, 0.25) is 0 Å². The molecule has 0 heterocycles. The topological polar surface area (TPSA) is 48.3 Å². The normalized spacial score (nSPS) is 10.5. The van der Waals surface area contributed by atoms with Crippen molar-refractivity contribution in [3.8, 4) is 6.07 Å². The highest BCUT2D eigenvalue weighted by Gasteiger charge is 1.91. The van der Waals surface area contributed by atoms with Crippen molar-refractivity contribution in [3.05, 3.63) is 0 Å². The first-order valence-corrected chi connectivity index (χ1v) is 5.57. The van der Waals surface area contributed by atoms with E-state index in [1.807, 2.05) is 14.1 Å². The van der Waals surface area contributed by atoms with Crippen molar-refractivity contribution in [1.29, 1.82) is 5.26 Å². The molecule has 1 N–H and O–H groups in total. The van der Waals surface area contributed by atoms with Crippen molar-refractivity contribution in [2.75, 3.05) is 46.9 Å². The summed E-state index contributed by atoms with van der Waals surface area (Å²) in [6.07, 6.45) is 2.73. The predicted octanol–water partition coefficient (Wildman–Crippen LogP) is 0.848. The van der Waals surface area contributed by atoms with Crippen molar-refractivity contribution in [1.82, 2.24) is 10.2 Å². The Labute approximate surface area is 93.2 Å². The van der Waals surface area contributed by atoms with E-state index in [0.29, 0.717) is 6.42 Å². The van der Waals surface area contributed by atoms with Gasteiger partial charge in [0.2, 0.25) is 0 Å². The van der Waals surface area contributed by atoms with Gasteiger partial charge in [-0.15, -0.1) is 0 Å². The predicted molar refractivity (Wildman–Crippen MR) is 61.7 cm³/mol. The van der Waals surface area contributed by atoms with Gasteiger partial charge in [0.1, 0.15) is 0 Å². The third kappa shape index (κ3) is 13.4. The van der Waals surface area contributed by atoms with Crippen molar-refractivity contribution < 1.29 is 4.74 Å². The van der Waals surface area contributed by atoms with Crippen LogP contribution in [0.25, 0.3) is 0 Å². The first-order valence-electron chi connectivity index (χ1n) is 5.57. The second-order valence-corrected chi connectivity index (χ2v) is 3.78. The molecule has 0 saturated heterocycles. The fraction of sp³-hybridized carbons (Fsp3) is 0.909. The summed E-state index contributed by atoms with van der Waals surface area (Å²) in [5, 5.41) is 11.6. The lowest BCUT2D eigenvalue weighted by Gasteiger charge is -2.10. The smallest absolute Gasteiger partial charge is 0.0621 e. The molecular weight excluding hydrogens is 190 g/mol. The van der Waals surface area contributed by atoms with Gasteiger partial charge < -0.3 is 15.0 Å². The van der Waals surface area contributed by atoms with E-state index in [4.69, 9.17) is 10.00 Å². The molecule has 0 radical (unpaired) electrons. The Morgan fingerprint density at radius 3 is 2.67 bits per heavy atom. The van der Waals surface area contributed by atoms with Crippen molar-refractivity contribution in [2.24, 2.45) is 0 Å². The highest BCUT2D eigenvalue weighted by atomic mass is 16.5. The lowest BCUT2D eigenvalue weighted by molar-refractivity contribution is 0.119. The van der Waals surface area contributed by atoms with Gasteiger partial charge in [0, 0.05) is 19.5 Å². The van der Waals surface area contributed by atoms with E-state index in [1.165, 1.54) is 0 Å². The van der Waals surface area contributed by atoms with Crippen molar-refractivity contribution >= 4 is 0 Å². The number of nitrogens with zero attached hydrogens (tertiary/aromatic N) is 2. The van der Waals surface area contributed by atoms with Gasteiger partial charge in [0.05, 0.1) is 19.3 Å². The number of hydrogen-bond donors (Lipinski definition) is 1. The van der Waals surface area contributed by atoms with E-state index >= 15 is 0 Å². The highest BCUT2D eigenvalue weighted by molar-refractivity contribution is 4.68. The molecule has 0 fully saturated rings. The Bertz CT molecular complexity index is 166. The first kappa shape index (κ1) is 14.4. The molecule has 4 nitrogen and oxygen atoms in total. The minimum absolute atomic E-state index is 0.668. The standard InChI is InChI=1S/C11H23N3O/c1-14(2)9-11-15-10-8-13-7-5-3-4-6-12/h13H,3-5,7-11H2,1-2H3. The van der Waals surface area contributed by atoms with Crippen LogP contribution in [0.3, 0.4) is 0 Å². The third-order valence-corrected chi connectivity index (χ3v) is 2.00. The van der Waals surface area contributed by atoms with Crippen molar-refractivity contribution in [2.45, 2.75) is 19.3 Å². The number of likely N-dealkylation sites (N-methyl/N-ethyl adjacent to an activating group) is 1. The van der Waals surface area contributed by atoms with E-state index in [0.717, 1.165) is 45.7 Å². The van der Waals surface area contributed by atoms with E-state index in [2.05, 4.69) is 16.3 Å². The van der Waals surface area contributed by atoms with Gasteiger partial charge in [-0.1, -0.05) is 0 Å². The maximum atomic E-state index is 8.32. The van der Waals surface area contributed by atoms with Gasteiger partial charge in [0.25, 0.3) is 0 Å².